The van der Waals surface area contributed by atoms with E-state index in [4.69, 9.17) is 0 Å². The van der Waals surface area contributed by atoms with Crippen LogP contribution in [0.15, 0.2) is 42.5 Å². The van der Waals surface area contributed by atoms with Gasteiger partial charge in [-0.3, -0.25) is 0 Å². The van der Waals surface area contributed by atoms with Crippen LogP contribution in [-0.2, 0) is 6.42 Å². The third kappa shape index (κ3) is 1.64. The molecule has 1 heteroatoms. The van der Waals surface area contributed by atoms with Crippen LogP contribution in [0.25, 0.3) is 10.9 Å². The molecule has 0 saturated carbocycles. The molecule has 0 bridgehead atoms. The van der Waals surface area contributed by atoms with Crippen LogP contribution in [0.2, 0.25) is 0 Å². The van der Waals surface area contributed by atoms with Gasteiger partial charge >= 0.3 is 0 Å². The fraction of sp³-hybridized carbons (Fsp3) is 0.167. The van der Waals surface area contributed by atoms with Crippen LogP contribution in [-0.4, -0.2) is 4.98 Å². The van der Waals surface area contributed by atoms with Gasteiger partial charge in [0.2, 0.25) is 0 Å². The summed E-state index contributed by atoms with van der Waals surface area (Å²) in [7, 11) is 0. The van der Waals surface area contributed by atoms with Crippen molar-refractivity contribution in [2.45, 2.75) is 13.3 Å². The number of fused-ring (bicyclic) bond motifs is 1. The first-order chi connectivity index (χ1) is 6.40. The summed E-state index contributed by atoms with van der Waals surface area (Å²) in [6.07, 6.45) is 5.22. The SMILES string of the molecule is C/C=C/Cc1cc2ccccc2[nH]1. The first-order valence-corrected chi connectivity index (χ1v) is 4.58. The smallest absolute Gasteiger partial charge is 0.0456 e. The summed E-state index contributed by atoms with van der Waals surface area (Å²) in [6.45, 7) is 2.04. The Bertz CT molecular complexity index is 390. The maximum absolute atomic E-state index is 3.38. The highest BCUT2D eigenvalue weighted by molar-refractivity contribution is 5.80. The van der Waals surface area contributed by atoms with Gasteiger partial charge in [0.05, 0.1) is 0 Å². The predicted molar refractivity (Wildman–Crippen MR) is 56.8 cm³/mol. The minimum absolute atomic E-state index is 0.991. The Morgan fingerprint density at radius 1 is 1.31 bits per heavy atom. The molecule has 0 fully saturated rings. The maximum Gasteiger partial charge on any atom is 0.0456 e. The number of hydrogen-bond acceptors (Lipinski definition) is 0. The van der Waals surface area contributed by atoms with Crippen LogP contribution in [0.3, 0.4) is 0 Å². The summed E-state index contributed by atoms with van der Waals surface area (Å²) < 4.78 is 0. The standard InChI is InChI=1S/C12H13N/c1-2-3-7-11-9-10-6-4-5-8-12(10)13-11/h2-6,8-9,13H,7H2,1H3/b3-2+. The number of para-hydroxylation sites is 1. The Morgan fingerprint density at radius 3 is 2.92 bits per heavy atom. The predicted octanol–water partition coefficient (Wildman–Crippen LogP) is 3.29. The molecule has 0 atom stereocenters. The highest BCUT2D eigenvalue weighted by Gasteiger charge is 1.96. The molecule has 2 aromatic rings. The van der Waals surface area contributed by atoms with Crippen molar-refractivity contribution in [3.05, 3.63) is 48.2 Å². The van der Waals surface area contributed by atoms with Crippen molar-refractivity contribution in [1.29, 1.82) is 0 Å². The third-order valence-electron chi connectivity index (χ3n) is 2.16. The van der Waals surface area contributed by atoms with Crippen LogP contribution in [0.1, 0.15) is 12.6 Å². The van der Waals surface area contributed by atoms with Crippen molar-refractivity contribution in [3.8, 4) is 0 Å². The molecule has 0 saturated heterocycles. The number of aromatic nitrogens is 1. The minimum atomic E-state index is 0.991. The molecule has 1 aromatic carbocycles. The zero-order valence-electron chi connectivity index (χ0n) is 7.75. The van der Waals surface area contributed by atoms with E-state index in [9.17, 15) is 0 Å². The van der Waals surface area contributed by atoms with Crippen molar-refractivity contribution in [2.75, 3.05) is 0 Å². The molecular weight excluding hydrogens is 158 g/mol. The molecule has 1 N–H and O–H groups in total. The summed E-state index contributed by atoms with van der Waals surface area (Å²) in [5.41, 5.74) is 2.50. The van der Waals surface area contributed by atoms with E-state index >= 15 is 0 Å². The summed E-state index contributed by atoms with van der Waals surface area (Å²) in [5, 5.41) is 1.29. The highest BCUT2D eigenvalue weighted by atomic mass is 14.7. The maximum atomic E-state index is 3.38. The molecule has 2 rings (SSSR count). The van der Waals surface area contributed by atoms with Crippen LogP contribution in [0, 0.1) is 0 Å². The Labute approximate surface area is 78.1 Å². The van der Waals surface area contributed by atoms with E-state index < -0.39 is 0 Å². The van der Waals surface area contributed by atoms with Gasteiger partial charge in [-0.15, -0.1) is 0 Å². The van der Waals surface area contributed by atoms with Crippen LogP contribution in [0.4, 0.5) is 0 Å². The molecule has 0 spiro atoms. The molecule has 0 aliphatic rings. The lowest BCUT2D eigenvalue weighted by molar-refractivity contribution is 1.17. The Balaban J connectivity index is 2.38. The molecule has 0 aliphatic carbocycles. The molecule has 1 aromatic heterocycles. The third-order valence-corrected chi connectivity index (χ3v) is 2.16. The lowest BCUT2D eigenvalue weighted by atomic mass is 10.2. The van der Waals surface area contributed by atoms with E-state index in [1.165, 1.54) is 16.6 Å². The quantitative estimate of drug-likeness (QED) is 0.667. The van der Waals surface area contributed by atoms with Gasteiger partial charge < -0.3 is 4.98 Å². The lowest BCUT2D eigenvalue weighted by Crippen LogP contribution is -1.77. The normalized spacial score (nSPS) is 11.5. The average Bonchev–Trinajstić information content (AvgIpc) is 2.57. The van der Waals surface area contributed by atoms with Crippen molar-refractivity contribution in [2.24, 2.45) is 0 Å². The zero-order valence-corrected chi connectivity index (χ0v) is 7.75. The Morgan fingerprint density at radius 2 is 2.15 bits per heavy atom. The van der Waals surface area contributed by atoms with Crippen LogP contribution < -0.4 is 0 Å². The van der Waals surface area contributed by atoms with E-state index in [0.29, 0.717) is 0 Å². The van der Waals surface area contributed by atoms with Crippen molar-refractivity contribution in [3.63, 3.8) is 0 Å². The fourth-order valence-electron chi connectivity index (χ4n) is 1.49. The largest absolute Gasteiger partial charge is 0.358 e. The number of rotatable bonds is 2. The number of aromatic amines is 1. The van der Waals surface area contributed by atoms with Crippen LogP contribution in [0.5, 0.6) is 0 Å². The van der Waals surface area contributed by atoms with Gasteiger partial charge in [0.15, 0.2) is 0 Å². The summed E-state index contributed by atoms with van der Waals surface area (Å²) in [5.74, 6) is 0. The zero-order chi connectivity index (χ0) is 9.10. The second-order valence-corrected chi connectivity index (χ2v) is 3.15. The van der Waals surface area contributed by atoms with Crippen molar-refractivity contribution in [1.82, 2.24) is 4.98 Å². The van der Waals surface area contributed by atoms with Gasteiger partial charge in [-0.2, -0.15) is 0 Å². The Kier molecular flexibility index (Phi) is 2.17. The first kappa shape index (κ1) is 8.11. The van der Waals surface area contributed by atoms with Gasteiger partial charge in [-0.05, 0) is 24.4 Å². The van der Waals surface area contributed by atoms with E-state index in [1.54, 1.807) is 0 Å². The fourth-order valence-corrected chi connectivity index (χ4v) is 1.49. The topological polar surface area (TPSA) is 15.8 Å². The minimum Gasteiger partial charge on any atom is -0.358 e. The number of nitrogens with one attached hydrogen (secondary N) is 1. The van der Waals surface area contributed by atoms with Gasteiger partial charge in [0.25, 0.3) is 0 Å². The second-order valence-electron chi connectivity index (χ2n) is 3.15. The van der Waals surface area contributed by atoms with E-state index in [-0.39, 0.29) is 0 Å². The molecule has 0 unspecified atom stereocenters. The molecule has 0 radical (unpaired) electrons. The Hall–Kier alpha value is -1.50. The molecular formula is C12H13N. The summed E-state index contributed by atoms with van der Waals surface area (Å²) in [4.78, 5) is 3.38. The number of allylic oxidation sites excluding steroid dienone is 2. The van der Waals surface area contributed by atoms with Gasteiger partial charge in [-0.1, -0.05) is 30.4 Å². The number of hydrogen-bond donors (Lipinski definition) is 1. The summed E-state index contributed by atoms with van der Waals surface area (Å²) >= 11 is 0. The van der Waals surface area contributed by atoms with E-state index in [0.717, 1.165) is 6.42 Å². The van der Waals surface area contributed by atoms with Crippen molar-refractivity contribution < 1.29 is 0 Å². The molecule has 1 heterocycles. The second kappa shape index (κ2) is 3.48. The average molecular weight is 171 g/mol. The first-order valence-electron chi connectivity index (χ1n) is 4.58. The molecule has 0 amide bonds. The molecule has 1 nitrogen and oxygen atoms in total. The number of benzene rings is 1. The van der Waals surface area contributed by atoms with Gasteiger partial charge in [-0.25, -0.2) is 0 Å². The van der Waals surface area contributed by atoms with Gasteiger partial charge in [0, 0.05) is 17.6 Å². The molecule has 0 aliphatic heterocycles. The highest BCUT2D eigenvalue weighted by Crippen LogP contribution is 2.14. The van der Waals surface area contributed by atoms with E-state index in [1.807, 2.05) is 6.92 Å². The van der Waals surface area contributed by atoms with Gasteiger partial charge in [0.1, 0.15) is 0 Å². The van der Waals surface area contributed by atoms with Crippen LogP contribution >= 0.6 is 0 Å². The molecule has 66 valence electrons. The number of H-pyrrole nitrogens is 1. The summed E-state index contributed by atoms with van der Waals surface area (Å²) in [6, 6.07) is 10.6. The monoisotopic (exact) mass is 171 g/mol. The van der Waals surface area contributed by atoms with Crippen molar-refractivity contribution >= 4 is 10.9 Å². The molecule has 13 heavy (non-hydrogen) atoms. The lowest BCUT2D eigenvalue weighted by Gasteiger charge is -1.87. The van der Waals surface area contributed by atoms with E-state index in [2.05, 4.69) is 47.5 Å².